The fraction of sp³-hybridized carbons (Fsp3) is 0.895. The number of rotatable bonds is 15. The molecule has 0 rings (SSSR count). The highest BCUT2D eigenvalue weighted by Crippen LogP contribution is 2.25. The quantitative estimate of drug-likeness (QED) is 0.167. The number of ether oxygens (including phenoxy) is 1. The molecule has 0 saturated carbocycles. The second kappa shape index (κ2) is 16.8. The monoisotopic (exact) mass is 480 g/mol. The summed E-state index contributed by atoms with van der Waals surface area (Å²) in [5.74, 6) is -0.823. The second-order valence-electron chi connectivity index (χ2n) is 7.62. The van der Waals surface area contributed by atoms with Crippen LogP contribution in [0, 0.1) is 0 Å². The molecule has 0 aromatic carbocycles. The predicted octanol–water partition coefficient (Wildman–Crippen LogP) is 1.63. The zero-order valence-electron chi connectivity index (χ0n) is 17.4. The van der Waals surface area contributed by atoms with Gasteiger partial charge in [0.1, 0.15) is 0 Å². The average Bonchev–Trinajstić information content (AvgIpc) is 2.55. The Balaban J connectivity index is 0. The van der Waals surface area contributed by atoms with Crippen LogP contribution < -0.4 is 17.7 Å². The van der Waals surface area contributed by atoms with E-state index in [-0.39, 0.29) is 18.4 Å². The highest BCUT2D eigenvalue weighted by atomic mass is 35.6. The lowest BCUT2D eigenvalue weighted by Gasteiger charge is -2.28. The number of alkyl halides is 3. The van der Waals surface area contributed by atoms with Gasteiger partial charge in [0.25, 0.3) is 9.70 Å². The van der Waals surface area contributed by atoms with E-state index in [9.17, 15) is 9.59 Å². The van der Waals surface area contributed by atoms with Crippen molar-refractivity contribution in [3.8, 4) is 0 Å². The molecule has 0 aliphatic heterocycles. The van der Waals surface area contributed by atoms with Gasteiger partial charge in [0.15, 0.2) is 6.54 Å². The summed E-state index contributed by atoms with van der Waals surface area (Å²) in [6.07, 6.45) is 10.4. The number of hydrogen-bond donors (Lipinski definition) is 1. The van der Waals surface area contributed by atoms with Gasteiger partial charge in [-0.15, -0.1) is 0 Å². The van der Waals surface area contributed by atoms with E-state index in [0.717, 1.165) is 12.8 Å². The van der Waals surface area contributed by atoms with Crippen LogP contribution in [0.1, 0.15) is 64.7 Å². The number of esters is 1. The molecule has 9 heteroatoms. The SMILES string of the molecule is CCCCCCCCCCOC(=O)C[N+](C)(C)CCCNC(=O)C(Cl)(Cl)Cl.[Cl-]. The van der Waals surface area contributed by atoms with E-state index < -0.39 is 9.70 Å². The molecule has 0 fully saturated rings. The van der Waals surface area contributed by atoms with Crippen LogP contribution in [0.4, 0.5) is 0 Å². The zero-order chi connectivity index (χ0) is 20.8. The third-order valence-electron chi connectivity index (χ3n) is 4.30. The number of likely N-dealkylation sites (N-methyl/N-ethyl adjacent to an activating group) is 1. The normalized spacial score (nSPS) is 11.6. The van der Waals surface area contributed by atoms with Crippen molar-refractivity contribution in [3.05, 3.63) is 0 Å². The van der Waals surface area contributed by atoms with E-state index in [1.807, 2.05) is 14.1 Å². The smallest absolute Gasteiger partial charge is 0.361 e. The molecular formula is C19H36Cl4N2O3. The van der Waals surface area contributed by atoms with Crippen molar-refractivity contribution in [2.45, 2.75) is 68.5 Å². The van der Waals surface area contributed by atoms with Crippen molar-refractivity contribution < 1.29 is 31.2 Å². The van der Waals surface area contributed by atoms with Crippen molar-refractivity contribution >= 4 is 46.7 Å². The number of nitrogens with one attached hydrogen (secondary N) is 1. The Morgan fingerprint density at radius 1 is 0.929 bits per heavy atom. The van der Waals surface area contributed by atoms with E-state index in [1.54, 1.807) is 0 Å². The molecule has 5 nitrogen and oxygen atoms in total. The fourth-order valence-corrected chi connectivity index (χ4v) is 2.91. The topological polar surface area (TPSA) is 55.4 Å². The Morgan fingerprint density at radius 3 is 2.00 bits per heavy atom. The second-order valence-corrected chi connectivity index (χ2v) is 9.90. The first-order valence-corrected chi connectivity index (χ1v) is 11.0. The average molecular weight is 482 g/mol. The van der Waals surface area contributed by atoms with Gasteiger partial charge in [0, 0.05) is 13.0 Å². The van der Waals surface area contributed by atoms with Crippen molar-refractivity contribution in [1.82, 2.24) is 5.32 Å². The Kier molecular flexibility index (Phi) is 18.2. The molecule has 0 aliphatic rings. The number of hydrogen-bond acceptors (Lipinski definition) is 3. The summed E-state index contributed by atoms with van der Waals surface area (Å²) in [5.41, 5.74) is 0. The van der Waals surface area contributed by atoms with Crippen molar-refractivity contribution in [3.63, 3.8) is 0 Å². The summed E-state index contributed by atoms with van der Waals surface area (Å²) in [7, 11) is 3.91. The largest absolute Gasteiger partial charge is 1.00 e. The van der Waals surface area contributed by atoms with Gasteiger partial charge in [0.2, 0.25) is 0 Å². The Bertz CT molecular complexity index is 430. The molecule has 0 bridgehead atoms. The van der Waals surface area contributed by atoms with E-state index in [0.29, 0.717) is 37.1 Å². The molecule has 0 unspecified atom stereocenters. The van der Waals surface area contributed by atoms with Gasteiger partial charge in [-0.05, 0) is 6.42 Å². The van der Waals surface area contributed by atoms with Crippen molar-refractivity contribution in [2.24, 2.45) is 0 Å². The van der Waals surface area contributed by atoms with Gasteiger partial charge in [-0.2, -0.15) is 0 Å². The molecule has 168 valence electrons. The fourth-order valence-electron chi connectivity index (χ4n) is 2.71. The summed E-state index contributed by atoms with van der Waals surface area (Å²) in [6.45, 7) is 4.11. The van der Waals surface area contributed by atoms with Crippen LogP contribution in [-0.4, -0.2) is 60.5 Å². The van der Waals surface area contributed by atoms with Crippen molar-refractivity contribution in [1.29, 1.82) is 0 Å². The molecule has 0 aromatic rings. The minimum absolute atomic E-state index is 0. The van der Waals surface area contributed by atoms with E-state index in [4.69, 9.17) is 39.5 Å². The maximum absolute atomic E-state index is 12.0. The van der Waals surface area contributed by atoms with Gasteiger partial charge >= 0.3 is 5.97 Å². The first-order chi connectivity index (χ1) is 12.6. The molecule has 0 aromatic heterocycles. The molecule has 0 atom stereocenters. The molecule has 0 spiro atoms. The van der Waals surface area contributed by atoms with Gasteiger partial charge < -0.3 is 26.9 Å². The van der Waals surface area contributed by atoms with E-state index >= 15 is 0 Å². The number of carbonyl (C=O) groups is 2. The van der Waals surface area contributed by atoms with Crippen LogP contribution in [0.5, 0.6) is 0 Å². The number of quaternary nitrogens is 1. The molecule has 1 N–H and O–H groups in total. The summed E-state index contributed by atoms with van der Waals surface area (Å²) >= 11 is 16.5. The molecule has 28 heavy (non-hydrogen) atoms. The van der Waals surface area contributed by atoms with Gasteiger partial charge in [0.05, 0.1) is 27.2 Å². The lowest BCUT2D eigenvalue weighted by Crippen LogP contribution is -3.00. The Labute approximate surface area is 191 Å². The molecule has 1 amide bonds. The summed E-state index contributed by atoms with van der Waals surface area (Å²) in [5, 5.41) is 2.56. The summed E-state index contributed by atoms with van der Waals surface area (Å²) in [6, 6.07) is 0. The Hall–Kier alpha value is 0.0600. The standard InChI is InChI=1S/C19H35Cl3N2O3.ClH/c1-4-5-6-7-8-9-10-11-15-27-17(25)16-24(2,3)14-12-13-23-18(26)19(20,21)22;/h4-16H2,1-3H3;1H. The zero-order valence-corrected chi connectivity index (χ0v) is 20.4. The minimum atomic E-state index is -1.94. The van der Waals surface area contributed by atoms with Gasteiger partial charge in [-0.25, -0.2) is 4.79 Å². The number of halogens is 4. The molecule has 0 heterocycles. The highest BCUT2D eigenvalue weighted by Gasteiger charge is 2.30. The van der Waals surface area contributed by atoms with Crippen molar-refractivity contribution in [2.75, 3.05) is 40.3 Å². The third-order valence-corrected chi connectivity index (χ3v) is 4.82. The Morgan fingerprint density at radius 2 is 1.46 bits per heavy atom. The summed E-state index contributed by atoms with van der Waals surface area (Å²) in [4.78, 5) is 23.4. The van der Waals surface area contributed by atoms with Crippen LogP contribution >= 0.6 is 34.8 Å². The molecule has 0 saturated heterocycles. The predicted molar refractivity (Wildman–Crippen MR) is 113 cm³/mol. The molecular weight excluding hydrogens is 446 g/mol. The first kappa shape index (κ1) is 30.3. The number of nitrogens with zero attached hydrogens (tertiary/aromatic N) is 1. The van der Waals surface area contributed by atoms with Crippen LogP contribution in [0.3, 0.4) is 0 Å². The molecule has 0 radical (unpaired) electrons. The highest BCUT2D eigenvalue weighted by molar-refractivity contribution is 6.76. The van der Waals surface area contributed by atoms with Crippen LogP contribution in [0.15, 0.2) is 0 Å². The lowest BCUT2D eigenvalue weighted by molar-refractivity contribution is -0.883. The lowest BCUT2D eigenvalue weighted by atomic mass is 10.1. The van der Waals surface area contributed by atoms with Crippen LogP contribution in [-0.2, 0) is 14.3 Å². The van der Waals surface area contributed by atoms with Crippen LogP contribution in [0.2, 0.25) is 0 Å². The number of carbonyl (C=O) groups excluding carboxylic acids is 2. The summed E-state index contributed by atoms with van der Waals surface area (Å²) < 4.78 is 3.88. The third kappa shape index (κ3) is 18.1. The number of amides is 1. The van der Waals surface area contributed by atoms with Gasteiger partial charge in [-0.1, -0.05) is 86.7 Å². The minimum Gasteiger partial charge on any atom is -1.00 e. The first-order valence-electron chi connectivity index (χ1n) is 9.91. The van der Waals surface area contributed by atoms with E-state index in [1.165, 1.54) is 38.5 Å². The molecule has 0 aliphatic carbocycles. The maximum atomic E-state index is 12.0. The van der Waals surface area contributed by atoms with E-state index in [2.05, 4.69) is 12.2 Å². The van der Waals surface area contributed by atoms with Gasteiger partial charge in [-0.3, -0.25) is 4.79 Å². The number of unbranched alkanes of at least 4 members (excludes halogenated alkanes) is 7. The van der Waals surface area contributed by atoms with Crippen LogP contribution in [0.25, 0.3) is 0 Å². The maximum Gasteiger partial charge on any atom is 0.361 e.